The minimum absolute atomic E-state index is 0.0194. The summed E-state index contributed by atoms with van der Waals surface area (Å²) in [5, 5.41) is 13.3. The highest BCUT2D eigenvalue weighted by atomic mass is 16.6. The Morgan fingerprint density at radius 1 is 1.19 bits per heavy atom. The van der Waals surface area contributed by atoms with Gasteiger partial charge in [-0.2, -0.15) is 0 Å². The van der Waals surface area contributed by atoms with E-state index in [1.807, 2.05) is 13.8 Å². The van der Waals surface area contributed by atoms with Crippen LogP contribution in [0.2, 0.25) is 0 Å². The second-order valence-electron chi connectivity index (χ2n) is 5.71. The first-order valence-corrected chi connectivity index (χ1v) is 7.97. The maximum atomic E-state index is 12.0. The molecule has 2 rings (SSSR count). The summed E-state index contributed by atoms with van der Waals surface area (Å²) in [6, 6.07) is 11.1. The lowest BCUT2D eigenvalue weighted by Gasteiger charge is -2.13. The number of hydrogen-bond donors (Lipinski definition) is 1. The molecule has 26 heavy (non-hydrogen) atoms. The van der Waals surface area contributed by atoms with E-state index < -0.39 is 10.8 Å². The van der Waals surface area contributed by atoms with E-state index in [1.165, 1.54) is 24.3 Å². The van der Waals surface area contributed by atoms with Gasteiger partial charge in [0.05, 0.1) is 18.1 Å². The molecule has 136 valence electrons. The van der Waals surface area contributed by atoms with E-state index in [4.69, 9.17) is 9.47 Å². The lowest BCUT2D eigenvalue weighted by molar-refractivity contribution is -0.384. The van der Waals surface area contributed by atoms with E-state index >= 15 is 0 Å². The largest absolute Gasteiger partial charge is 0.493 e. The van der Waals surface area contributed by atoms with Crippen LogP contribution in [0.5, 0.6) is 11.5 Å². The molecule has 0 aromatic heterocycles. The fourth-order valence-electron chi connectivity index (χ4n) is 2.19. The number of carbonyl (C=O) groups excluding carboxylic acids is 1. The van der Waals surface area contributed by atoms with E-state index in [0.717, 1.165) is 5.56 Å². The van der Waals surface area contributed by atoms with Crippen molar-refractivity contribution in [3.63, 3.8) is 0 Å². The van der Waals surface area contributed by atoms with Gasteiger partial charge in [-0.15, -0.1) is 0 Å². The van der Waals surface area contributed by atoms with E-state index in [0.29, 0.717) is 17.2 Å². The molecular weight excluding hydrogens is 336 g/mol. The van der Waals surface area contributed by atoms with Crippen LogP contribution in [0.25, 0.3) is 6.08 Å². The maximum Gasteiger partial charge on any atom is 0.271 e. The molecule has 1 N–H and O–H groups in total. The van der Waals surface area contributed by atoms with Gasteiger partial charge in [-0.3, -0.25) is 14.9 Å². The summed E-state index contributed by atoms with van der Waals surface area (Å²) in [6.07, 6.45) is 2.98. The number of amides is 1. The predicted molar refractivity (Wildman–Crippen MR) is 99.5 cm³/mol. The average Bonchev–Trinajstić information content (AvgIpc) is 2.60. The van der Waals surface area contributed by atoms with Crippen molar-refractivity contribution >= 4 is 23.4 Å². The lowest BCUT2D eigenvalue weighted by atomic mass is 10.2. The van der Waals surface area contributed by atoms with Crippen LogP contribution in [-0.2, 0) is 4.79 Å². The predicted octanol–water partition coefficient (Wildman–Crippen LogP) is 4.04. The van der Waals surface area contributed by atoms with Crippen molar-refractivity contribution in [3.8, 4) is 11.5 Å². The zero-order valence-corrected chi connectivity index (χ0v) is 14.8. The van der Waals surface area contributed by atoms with Crippen molar-refractivity contribution in [3.05, 3.63) is 64.2 Å². The number of carbonyl (C=O) groups is 1. The quantitative estimate of drug-likeness (QED) is 0.459. The van der Waals surface area contributed by atoms with Gasteiger partial charge in [0.2, 0.25) is 5.91 Å². The smallest absolute Gasteiger partial charge is 0.271 e. The van der Waals surface area contributed by atoms with Gasteiger partial charge >= 0.3 is 0 Å². The van der Waals surface area contributed by atoms with Crippen LogP contribution in [0.4, 0.5) is 11.4 Å². The molecule has 0 atom stereocenters. The highest BCUT2D eigenvalue weighted by Crippen LogP contribution is 2.29. The molecule has 7 nitrogen and oxygen atoms in total. The van der Waals surface area contributed by atoms with Gasteiger partial charge in [0, 0.05) is 23.9 Å². The Balaban J connectivity index is 2.08. The van der Waals surface area contributed by atoms with Gasteiger partial charge in [-0.1, -0.05) is 12.1 Å². The molecule has 2 aromatic carbocycles. The maximum absolute atomic E-state index is 12.0. The second-order valence-corrected chi connectivity index (χ2v) is 5.71. The number of non-ortho nitro benzene ring substituents is 1. The third kappa shape index (κ3) is 5.34. The Morgan fingerprint density at radius 3 is 2.62 bits per heavy atom. The number of nitro groups is 1. The van der Waals surface area contributed by atoms with Gasteiger partial charge in [0.25, 0.3) is 5.69 Å². The van der Waals surface area contributed by atoms with Crippen LogP contribution in [0.15, 0.2) is 48.5 Å². The number of nitro benzene ring substituents is 1. The summed E-state index contributed by atoms with van der Waals surface area (Å²) in [5.74, 6) is 0.799. The number of anilines is 1. The van der Waals surface area contributed by atoms with E-state index in [1.54, 1.807) is 37.5 Å². The summed E-state index contributed by atoms with van der Waals surface area (Å²) in [5.41, 5.74) is 1.02. The number of nitrogens with zero attached hydrogens (tertiary/aromatic N) is 1. The number of benzene rings is 2. The Kier molecular flexibility index (Phi) is 6.32. The van der Waals surface area contributed by atoms with Gasteiger partial charge < -0.3 is 14.8 Å². The second kappa shape index (κ2) is 8.66. The first kappa shape index (κ1) is 19.0. The third-order valence-electron chi connectivity index (χ3n) is 3.30. The Hall–Kier alpha value is -3.35. The molecule has 0 saturated heterocycles. The normalized spacial score (nSPS) is 10.8. The summed E-state index contributed by atoms with van der Waals surface area (Å²) in [4.78, 5) is 22.3. The monoisotopic (exact) mass is 356 g/mol. The van der Waals surface area contributed by atoms with E-state index in [9.17, 15) is 14.9 Å². The molecule has 1 amide bonds. The van der Waals surface area contributed by atoms with Crippen molar-refractivity contribution in [2.24, 2.45) is 0 Å². The minimum atomic E-state index is -0.515. The van der Waals surface area contributed by atoms with Crippen LogP contribution in [0.3, 0.4) is 0 Å². The number of hydrogen-bond acceptors (Lipinski definition) is 5. The molecule has 0 radical (unpaired) electrons. The zero-order valence-electron chi connectivity index (χ0n) is 14.8. The summed E-state index contributed by atoms with van der Waals surface area (Å²) >= 11 is 0. The highest BCUT2D eigenvalue weighted by Gasteiger charge is 2.08. The summed E-state index contributed by atoms with van der Waals surface area (Å²) in [6.45, 7) is 3.84. The van der Waals surface area contributed by atoms with Crippen LogP contribution in [-0.4, -0.2) is 24.0 Å². The first-order valence-electron chi connectivity index (χ1n) is 7.97. The SMILES string of the molecule is COc1cc(/C=C/C(=O)Nc2cccc([N+](=O)[O-])c2)ccc1OC(C)C. The minimum Gasteiger partial charge on any atom is -0.493 e. The number of rotatable bonds is 7. The molecule has 0 aliphatic carbocycles. The highest BCUT2D eigenvalue weighted by molar-refractivity contribution is 6.02. The van der Waals surface area contributed by atoms with Gasteiger partial charge in [-0.25, -0.2) is 0 Å². The molecule has 0 bridgehead atoms. The summed E-state index contributed by atoms with van der Waals surface area (Å²) in [7, 11) is 1.55. The standard InChI is InChI=1S/C19H20N2O5/c1-13(2)26-17-9-7-14(11-18(17)25-3)8-10-19(22)20-15-5-4-6-16(12-15)21(23)24/h4-13H,1-3H3,(H,20,22)/b10-8+. The average molecular weight is 356 g/mol. The molecule has 7 heteroatoms. The van der Waals surface area contributed by atoms with Crippen LogP contribution in [0.1, 0.15) is 19.4 Å². The van der Waals surface area contributed by atoms with Crippen molar-refractivity contribution < 1.29 is 19.2 Å². The molecule has 0 aliphatic heterocycles. The van der Waals surface area contributed by atoms with E-state index in [2.05, 4.69) is 5.32 Å². The molecular formula is C19H20N2O5. The van der Waals surface area contributed by atoms with Crippen molar-refractivity contribution in [2.45, 2.75) is 20.0 Å². The van der Waals surface area contributed by atoms with Crippen molar-refractivity contribution in [1.82, 2.24) is 0 Å². The van der Waals surface area contributed by atoms with Gasteiger partial charge in [0.15, 0.2) is 11.5 Å². The van der Waals surface area contributed by atoms with Crippen LogP contribution >= 0.6 is 0 Å². The third-order valence-corrected chi connectivity index (χ3v) is 3.30. The number of ether oxygens (including phenoxy) is 2. The fourth-order valence-corrected chi connectivity index (χ4v) is 2.19. The number of methoxy groups -OCH3 is 1. The molecule has 0 fully saturated rings. The van der Waals surface area contributed by atoms with Crippen LogP contribution in [0, 0.1) is 10.1 Å². The topological polar surface area (TPSA) is 90.7 Å². The van der Waals surface area contributed by atoms with Gasteiger partial charge in [0.1, 0.15) is 0 Å². The Morgan fingerprint density at radius 2 is 1.96 bits per heavy atom. The van der Waals surface area contributed by atoms with Gasteiger partial charge in [-0.05, 0) is 43.7 Å². The zero-order chi connectivity index (χ0) is 19.1. The molecule has 0 spiro atoms. The molecule has 0 heterocycles. The summed E-state index contributed by atoms with van der Waals surface area (Å²) < 4.78 is 10.9. The Bertz CT molecular complexity index is 830. The molecule has 0 unspecified atom stereocenters. The van der Waals surface area contributed by atoms with Crippen molar-refractivity contribution in [2.75, 3.05) is 12.4 Å². The fraction of sp³-hybridized carbons (Fsp3) is 0.211. The van der Waals surface area contributed by atoms with Crippen LogP contribution < -0.4 is 14.8 Å². The Labute approximate surface area is 151 Å². The van der Waals surface area contributed by atoms with Crippen molar-refractivity contribution in [1.29, 1.82) is 0 Å². The lowest BCUT2D eigenvalue weighted by Crippen LogP contribution is -2.08. The molecule has 0 aliphatic rings. The number of nitrogens with one attached hydrogen (secondary N) is 1. The van der Waals surface area contributed by atoms with E-state index in [-0.39, 0.29) is 11.8 Å². The molecule has 2 aromatic rings. The first-order chi connectivity index (χ1) is 12.4. The molecule has 0 saturated carbocycles.